The number of nitrogen functional groups attached to an aromatic ring is 1. The zero-order valence-corrected chi connectivity index (χ0v) is 9.58. The van der Waals surface area contributed by atoms with Crippen LogP contribution in [0.2, 0.25) is 0 Å². The summed E-state index contributed by atoms with van der Waals surface area (Å²) < 4.78 is 0. The molecule has 0 atom stereocenters. The Hall–Kier alpha value is -1.97. The number of carbonyl (C=O) groups excluding carboxylic acids is 1. The molecule has 0 aromatic heterocycles. The fraction of sp³-hybridized carbons (Fsp3) is 0.250. The second-order valence-corrected chi connectivity index (χ2v) is 3.10. The van der Waals surface area contributed by atoms with Gasteiger partial charge < -0.3 is 16.4 Å². The van der Waals surface area contributed by atoms with E-state index in [9.17, 15) is 4.79 Å². The van der Waals surface area contributed by atoms with Gasteiger partial charge in [0.25, 0.3) is 0 Å². The van der Waals surface area contributed by atoms with Crippen LogP contribution in [-0.2, 0) is 4.79 Å². The van der Waals surface area contributed by atoms with Crippen LogP contribution in [0.5, 0.6) is 0 Å². The summed E-state index contributed by atoms with van der Waals surface area (Å²) in [6.45, 7) is 4.53. The van der Waals surface area contributed by atoms with Crippen molar-refractivity contribution in [2.75, 3.05) is 17.6 Å². The molecule has 0 unspecified atom stereocenters. The van der Waals surface area contributed by atoms with Crippen molar-refractivity contribution in [1.29, 1.82) is 0 Å². The predicted molar refractivity (Wildman–Crippen MR) is 66.9 cm³/mol. The van der Waals surface area contributed by atoms with Crippen LogP contribution in [0.4, 0.5) is 11.4 Å². The van der Waals surface area contributed by atoms with Crippen LogP contribution in [0.3, 0.4) is 0 Å². The van der Waals surface area contributed by atoms with Crippen molar-refractivity contribution >= 4 is 17.3 Å². The van der Waals surface area contributed by atoms with Gasteiger partial charge in [0, 0.05) is 11.8 Å². The Morgan fingerprint density at radius 1 is 1.31 bits per heavy atom. The van der Waals surface area contributed by atoms with E-state index in [0.29, 0.717) is 12.2 Å². The molecule has 16 heavy (non-hydrogen) atoms. The van der Waals surface area contributed by atoms with Crippen LogP contribution in [0, 0.1) is 0 Å². The standard InChI is InChI=1S/C10H11N3O.C2H6/c11-8-3-1-2-4-9(8)13-7-5-10(14)12-6-7;1-2/h1-5,13H,6,11H2,(H,12,14);1-2H3. The molecule has 1 aromatic rings. The van der Waals surface area contributed by atoms with Crippen molar-refractivity contribution in [1.82, 2.24) is 5.32 Å². The van der Waals surface area contributed by atoms with Gasteiger partial charge in [-0.2, -0.15) is 0 Å². The second kappa shape index (κ2) is 5.80. The highest BCUT2D eigenvalue weighted by molar-refractivity contribution is 5.92. The Kier molecular flexibility index (Phi) is 4.39. The molecular formula is C12H17N3O. The molecule has 86 valence electrons. The fourth-order valence-corrected chi connectivity index (χ4v) is 1.31. The number of nitrogens with one attached hydrogen (secondary N) is 2. The quantitative estimate of drug-likeness (QED) is 0.663. The monoisotopic (exact) mass is 219 g/mol. The SMILES string of the molecule is CC.Nc1ccccc1NC1=CC(=O)NC1. The van der Waals surface area contributed by atoms with E-state index < -0.39 is 0 Å². The second-order valence-electron chi connectivity index (χ2n) is 3.10. The first kappa shape index (κ1) is 12.1. The van der Waals surface area contributed by atoms with Gasteiger partial charge in [-0.15, -0.1) is 0 Å². The molecular weight excluding hydrogens is 202 g/mol. The average Bonchev–Trinajstić information content (AvgIpc) is 2.70. The lowest BCUT2D eigenvalue weighted by Crippen LogP contribution is -2.16. The van der Waals surface area contributed by atoms with E-state index in [-0.39, 0.29) is 5.91 Å². The Balaban J connectivity index is 0.000000606. The molecule has 0 radical (unpaired) electrons. The minimum atomic E-state index is -0.0676. The normalized spacial score (nSPS) is 13.4. The summed E-state index contributed by atoms with van der Waals surface area (Å²) in [6, 6.07) is 7.45. The van der Waals surface area contributed by atoms with E-state index in [1.807, 2.05) is 38.1 Å². The molecule has 4 heteroatoms. The van der Waals surface area contributed by atoms with Crippen LogP contribution in [0.1, 0.15) is 13.8 Å². The summed E-state index contributed by atoms with van der Waals surface area (Å²) in [5.74, 6) is -0.0676. The summed E-state index contributed by atoms with van der Waals surface area (Å²) in [5.41, 5.74) is 8.08. The highest BCUT2D eigenvalue weighted by Gasteiger charge is 2.10. The molecule has 1 amide bonds. The maximum atomic E-state index is 10.9. The van der Waals surface area contributed by atoms with Crippen molar-refractivity contribution < 1.29 is 4.79 Å². The predicted octanol–water partition coefficient (Wildman–Crippen LogP) is 1.72. The number of carbonyl (C=O) groups is 1. The first-order valence-corrected chi connectivity index (χ1v) is 5.35. The number of amides is 1. The van der Waals surface area contributed by atoms with Gasteiger partial charge in [0.05, 0.1) is 17.9 Å². The van der Waals surface area contributed by atoms with Crippen LogP contribution in [-0.4, -0.2) is 12.5 Å². The van der Waals surface area contributed by atoms with Gasteiger partial charge in [-0.1, -0.05) is 26.0 Å². The topological polar surface area (TPSA) is 67.1 Å². The summed E-state index contributed by atoms with van der Waals surface area (Å²) in [4.78, 5) is 10.9. The van der Waals surface area contributed by atoms with Crippen molar-refractivity contribution in [3.63, 3.8) is 0 Å². The minimum absolute atomic E-state index is 0.0676. The van der Waals surface area contributed by atoms with E-state index >= 15 is 0 Å². The number of benzene rings is 1. The van der Waals surface area contributed by atoms with Crippen LogP contribution in [0.25, 0.3) is 0 Å². The van der Waals surface area contributed by atoms with Gasteiger partial charge >= 0.3 is 0 Å². The number of rotatable bonds is 2. The zero-order chi connectivity index (χ0) is 12.0. The maximum absolute atomic E-state index is 10.9. The third kappa shape index (κ3) is 3.02. The molecule has 0 saturated carbocycles. The summed E-state index contributed by atoms with van der Waals surface area (Å²) in [7, 11) is 0. The van der Waals surface area contributed by atoms with Gasteiger partial charge in [0.1, 0.15) is 0 Å². The molecule has 0 fully saturated rings. The first-order valence-electron chi connectivity index (χ1n) is 5.35. The summed E-state index contributed by atoms with van der Waals surface area (Å²) in [6.07, 6.45) is 1.53. The third-order valence-electron chi connectivity index (χ3n) is 2.01. The zero-order valence-electron chi connectivity index (χ0n) is 9.58. The Bertz CT molecular complexity index is 399. The lowest BCUT2D eigenvalue weighted by Gasteiger charge is -2.08. The van der Waals surface area contributed by atoms with E-state index in [1.165, 1.54) is 6.08 Å². The molecule has 0 aliphatic carbocycles. The van der Waals surface area contributed by atoms with Gasteiger partial charge in [0.2, 0.25) is 5.91 Å². The molecule has 2 rings (SSSR count). The van der Waals surface area contributed by atoms with E-state index in [4.69, 9.17) is 5.73 Å². The lowest BCUT2D eigenvalue weighted by molar-refractivity contribution is -0.115. The maximum Gasteiger partial charge on any atom is 0.246 e. The summed E-state index contributed by atoms with van der Waals surface area (Å²) in [5, 5.41) is 5.77. The smallest absolute Gasteiger partial charge is 0.246 e. The van der Waals surface area contributed by atoms with Crippen molar-refractivity contribution in [3.8, 4) is 0 Å². The lowest BCUT2D eigenvalue weighted by atomic mass is 10.2. The van der Waals surface area contributed by atoms with Gasteiger partial charge in [0.15, 0.2) is 0 Å². The number of para-hydroxylation sites is 2. The Morgan fingerprint density at radius 2 is 2.00 bits per heavy atom. The van der Waals surface area contributed by atoms with Gasteiger partial charge in [-0.05, 0) is 12.1 Å². The molecule has 0 bridgehead atoms. The molecule has 1 aliphatic heterocycles. The van der Waals surface area contributed by atoms with Crippen LogP contribution in [0.15, 0.2) is 36.0 Å². The molecule has 1 heterocycles. The Labute approximate surface area is 95.5 Å². The van der Waals surface area contributed by atoms with Crippen LogP contribution >= 0.6 is 0 Å². The minimum Gasteiger partial charge on any atom is -0.397 e. The average molecular weight is 219 g/mol. The fourth-order valence-electron chi connectivity index (χ4n) is 1.31. The highest BCUT2D eigenvalue weighted by atomic mass is 16.1. The third-order valence-corrected chi connectivity index (χ3v) is 2.01. The van der Waals surface area contributed by atoms with Crippen molar-refractivity contribution in [2.24, 2.45) is 0 Å². The van der Waals surface area contributed by atoms with E-state index in [0.717, 1.165) is 11.4 Å². The largest absolute Gasteiger partial charge is 0.397 e. The van der Waals surface area contributed by atoms with E-state index in [2.05, 4.69) is 10.6 Å². The number of nitrogens with two attached hydrogens (primary N) is 1. The van der Waals surface area contributed by atoms with Crippen molar-refractivity contribution in [3.05, 3.63) is 36.0 Å². The highest BCUT2D eigenvalue weighted by Crippen LogP contribution is 2.19. The van der Waals surface area contributed by atoms with Crippen molar-refractivity contribution in [2.45, 2.75) is 13.8 Å². The first-order chi connectivity index (χ1) is 7.75. The molecule has 0 spiro atoms. The molecule has 4 nitrogen and oxygen atoms in total. The molecule has 1 aliphatic rings. The number of hydrogen-bond donors (Lipinski definition) is 3. The number of hydrogen-bond acceptors (Lipinski definition) is 3. The molecule has 1 aromatic carbocycles. The van der Waals surface area contributed by atoms with Gasteiger partial charge in [-0.3, -0.25) is 4.79 Å². The Morgan fingerprint density at radius 3 is 2.56 bits per heavy atom. The van der Waals surface area contributed by atoms with E-state index in [1.54, 1.807) is 0 Å². The number of anilines is 2. The summed E-state index contributed by atoms with van der Waals surface area (Å²) >= 11 is 0. The van der Waals surface area contributed by atoms with Gasteiger partial charge in [-0.25, -0.2) is 0 Å². The molecule has 4 N–H and O–H groups in total. The molecule has 0 saturated heterocycles. The van der Waals surface area contributed by atoms with Crippen LogP contribution < -0.4 is 16.4 Å².